The van der Waals surface area contributed by atoms with E-state index in [9.17, 15) is 0 Å². The normalized spacial score (nSPS) is 12.5. The molecule has 0 heterocycles. The number of hydrogen-bond acceptors (Lipinski definition) is 0. The molecule has 0 aliphatic rings. The summed E-state index contributed by atoms with van der Waals surface area (Å²) in [6, 6.07) is 8.58. The first-order valence-electron chi connectivity index (χ1n) is 3.93. The van der Waals surface area contributed by atoms with E-state index in [0.29, 0.717) is 5.92 Å². The topological polar surface area (TPSA) is 0 Å². The molecule has 0 saturated carbocycles. The highest BCUT2D eigenvalue weighted by Gasteiger charge is 1.97. The van der Waals surface area contributed by atoms with Crippen LogP contribution in [-0.4, -0.2) is 0 Å². The number of hydrogen-bond donors (Lipinski definition) is 0. The average molecular weight is 146 g/mol. The molecule has 0 spiro atoms. The van der Waals surface area contributed by atoms with E-state index in [1.54, 1.807) is 0 Å². The van der Waals surface area contributed by atoms with Crippen LogP contribution in [0.2, 0.25) is 0 Å². The molecule has 0 aliphatic carbocycles. The molecule has 0 N–H and O–H groups in total. The van der Waals surface area contributed by atoms with Crippen molar-refractivity contribution in [3.8, 4) is 0 Å². The van der Waals surface area contributed by atoms with Crippen LogP contribution >= 0.6 is 0 Å². The molecule has 1 aromatic rings. The summed E-state index contributed by atoms with van der Waals surface area (Å²) >= 11 is 0. The highest BCUT2D eigenvalue weighted by Crippen LogP contribution is 2.15. The predicted molar refractivity (Wildman–Crippen MR) is 49.8 cm³/mol. The highest BCUT2D eigenvalue weighted by atomic mass is 14.0. The molecule has 1 aromatic carbocycles. The smallest absolute Gasteiger partial charge is 0.00131 e. The van der Waals surface area contributed by atoms with Crippen molar-refractivity contribution in [2.45, 2.75) is 19.8 Å². The van der Waals surface area contributed by atoms with Crippen molar-refractivity contribution < 1.29 is 0 Å². The van der Waals surface area contributed by atoms with E-state index < -0.39 is 0 Å². The monoisotopic (exact) mass is 146 g/mol. The van der Waals surface area contributed by atoms with Gasteiger partial charge >= 0.3 is 0 Å². The first-order chi connectivity index (χ1) is 5.24. The maximum absolute atomic E-state index is 3.76. The highest BCUT2D eigenvalue weighted by molar-refractivity contribution is 5.26. The first kappa shape index (κ1) is 8.06. The average Bonchev–Trinajstić information content (AvgIpc) is 2.05. The Morgan fingerprint density at radius 1 is 1.27 bits per heavy atom. The molecule has 0 fully saturated rings. The van der Waals surface area contributed by atoms with Gasteiger partial charge in [-0.05, 0) is 18.4 Å². The van der Waals surface area contributed by atoms with Gasteiger partial charge in [0.2, 0.25) is 0 Å². The van der Waals surface area contributed by atoms with Crippen molar-refractivity contribution in [3.63, 3.8) is 0 Å². The van der Waals surface area contributed by atoms with Gasteiger partial charge in [-0.1, -0.05) is 42.8 Å². The van der Waals surface area contributed by atoms with Crippen molar-refractivity contribution in [3.05, 3.63) is 48.0 Å². The van der Waals surface area contributed by atoms with Gasteiger partial charge < -0.3 is 0 Å². The Morgan fingerprint density at radius 3 is 2.27 bits per heavy atom. The first-order valence-corrected chi connectivity index (χ1v) is 3.93. The van der Waals surface area contributed by atoms with Crippen LogP contribution in [0.4, 0.5) is 0 Å². The summed E-state index contributed by atoms with van der Waals surface area (Å²) in [5.74, 6) is 0.468. The lowest BCUT2D eigenvalue weighted by molar-refractivity contribution is 0.970. The van der Waals surface area contributed by atoms with Gasteiger partial charge in [0.15, 0.2) is 0 Å². The van der Waals surface area contributed by atoms with Crippen molar-refractivity contribution in [1.82, 2.24) is 0 Å². The molecule has 1 atom stereocenters. The SMILES string of the molecule is C=C[C@@H](C)c1ccc(C)cc1. The molecule has 0 aliphatic heterocycles. The lowest BCUT2D eigenvalue weighted by Crippen LogP contribution is -1.87. The van der Waals surface area contributed by atoms with Crippen LogP contribution in [0.15, 0.2) is 36.9 Å². The van der Waals surface area contributed by atoms with Gasteiger partial charge in [-0.2, -0.15) is 0 Å². The summed E-state index contributed by atoms with van der Waals surface area (Å²) in [5, 5.41) is 0. The fourth-order valence-electron chi connectivity index (χ4n) is 1.01. The summed E-state index contributed by atoms with van der Waals surface area (Å²) in [6.07, 6.45) is 1.96. The molecule has 0 heteroatoms. The molecular weight excluding hydrogens is 132 g/mol. The minimum Gasteiger partial charge on any atom is -0.102 e. The van der Waals surface area contributed by atoms with Crippen LogP contribution in [0.25, 0.3) is 0 Å². The van der Waals surface area contributed by atoms with Gasteiger partial charge in [0, 0.05) is 0 Å². The van der Waals surface area contributed by atoms with E-state index in [-0.39, 0.29) is 0 Å². The molecule has 0 nitrogen and oxygen atoms in total. The van der Waals surface area contributed by atoms with Crippen LogP contribution < -0.4 is 0 Å². The van der Waals surface area contributed by atoms with Crippen molar-refractivity contribution in [2.24, 2.45) is 0 Å². The molecule has 0 bridgehead atoms. The summed E-state index contributed by atoms with van der Waals surface area (Å²) in [6.45, 7) is 8.01. The van der Waals surface area contributed by atoms with Gasteiger partial charge in [0.25, 0.3) is 0 Å². The quantitative estimate of drug-likeness (QED) is 0.562. The van der Waals surface area contributed by atoms with Crippen LogP contribution in [0.5, 0.6) is 0 Å². The summed E-state index contributed by atoms with van der Waals surface area (Å²) in [7, 11) is 0. The molecule has 58 valence electrons. The van der Waals surface area contributed by atoms with Gasteiger partial charge in [0.05, 0.1) is 0 Å². The number of rotatable bonds is 2. The molecule has 0 radical (unpaired) electrons. The standard InChI is InChI=1S/C11H14/c1-4-10(3)11-7-5-9(2)6-8-11/h4-8,10H,1H2,2-3H3/t10-/m1/s1. The van der Waals surface area contributed by atoms with E-state index in [1.807, 2.05) is 6.08 Å². The van der Waals surface area contributed by atoms with Crippen molar-refractivity contribution in [2.75, 3.05) is 0 Å². The zero-order valence-corrected chi connectivity index (χ0v) is 7.17. The molecule has 0 saturated heterocycles. The second-order valence-corrected chi connectivity index (χ2v) is 2.94. The molecule has 0 aromatic heterocycles. The fourth-order valence-corrected chi connectivity index (χ4v) is 1.01. The minimum absolute atomic E-state index is 0.468. The van der Waals surface area contributed by atoms with Crippen LogP contribution in [0, 0.1) is 6.92 Å². The van der Waals surface area contributed by atoms with Crippen molar-refractivity contribution >= 4 is 0 Å². The Labute approximate surface area is 68.6 Å². The zero-order chi connectivity index (χ0) is 8.27. The molecule has 1 rings (SSSR count). The zero-order valence-electron chi connectivity index (χ0n) is 7.17. The van der Waals surface area contributed by atoms with E-state index in [1.165, 1.54) is 11.1 Å². The second kappa shape index (κ2) is 3.38. The maximum atomic E-state index is 3.76. The van der Waals surface area contributed by atoms with Crippen LogP contribution in [0.3, 0.4) is 0 Å². The summed E-state index contributed by atoms with van der Waals surface area (Å²) in [4.78, 5) is 0. The fraction of sp³-hybridized carbons (Fsp3) is 0.273. The predicted octanol–water partition coefficient (Wildman–Crippen LogP) is 3.28. The third kappa shape index (κ3) is 1.94. The Bertz CT molecular complexity index is 231. The minimum atomic E-state index is 0.468. The summed E-state index contributed by atoms with van der Waals surface area (Å²) < 4.78 is 0. The Balaban J connectivity index is 2.89. The lowest BCUT2D eigenvalue weighted by atomic mass is 10.0. The largest absolute Gasteiger partial charge is 0.102 e. The van der Waals surface area contributed by atoms with Gasteiger partial charge in [0.1, 0.15) is 0 Å². The molecule has 11 heavy (non-hydrogen) atoms. The second-order valence-electron chi connectivity index (χ2n) is 2.94. The number of aryl methyl sites for hydroxylation is 1. The Morgan fingerprint density at radius 2 is 1.82 bits per heavy atom. The molecule has 0 unspecified atom stereocenters. The Hall–Kier alpha value is -1.04. The van der Waals surface area contributed by atoms with Gasteiger partial charge in [-0.15, -0.1) is 6.58 Å². The van der Waals surface area contributed by atoms with E-state index >= 15 is 0 Å². The molecule has 0 amide bonds. The summed E-state index contributed by atoms with van der Waals surface area (Å²) in [5.41, 5.74) is 2.65. The Kier molecular flexibility index (Phi) is 2.48. The third-order valence-electron chi connectivity index (χ3n) is 1.96. The van der Waals surface area contributed by atoms with E-state index in [4.69, 9.17) is 0 Å². The van der Waals surface area contributed by atoms with Crippen molar-refractivity contribution in [1.29, 1.82) is 0 Å². The van der Waals surface area contributed by atoms with Crippen LogP contribution in [-0.2, 0) is 0 Å². The molecular formula is C11H14. The lowest BCUT2D eigenvalue weighted by Gasteiger charge is -2.05. The maximum Gasteiger partial charge on any atom is -0.00131 e. The third-order valence-corrected chi connectivity index (χ3v) is 1.96. The number of benzene rings is 1. The number of allylic oxidation sites excluding steroid dienone is 1. The van der Waals surface area contributed by atoms with E-state index in [2.05, 4.69) is 44.7 Å². The van der Waals surface area contributed by atoms with E-state index in [0.717, 1.165) is 0 Å². The van der Waals surface area contributed by atoms with Crippen LogP contribution in [0.1, 0.15) is 24.0 Å². The van der Waals surface area contributed by atoms with Gasteiger partial charge in [-0.25, -0.2) is 0 Å². The van der Waals surface area contributed by atoms with Gasteiger partial charge in [-0.3, -0.25) is 0 Å².